The lowest BCUT2D eigenvalue weighted by atomic mass is 9.95. The van der Waals surface area contributed by atoms with Crippen LogP contribution in [0.5, 0.6) is 11.5 Å². The van der Waals surface area contributed by atoms with E-state index in [0.29, 0.717) is 0 Å². The van der Waals surface area contributed by atoms with Crippen molar-refractivity contribution in [1.82, 2.24) is 0 Å². The van der Waals surface area contributed by atoms with Gasteiger partial charge in [0.15, 0.2) is 0 Å². The number of aliphatic hydroxyl groups excluding tert-OH is 1. The van der Waals surface area contributed by atoms with Crippen molar-refractivity contribution < 1.29 is 14.6 Å². The molecule has 16 heavy (non-hydrogen) atoms. The molecule has 86 valence electrons. The molecule has 0 unspecified atom stereocenters. The molecule has 1 aliphatic heterocycles. The van der Waals surface area contributed by atoms with Crippen molar-refractivity contribution in [3.8, 4) is 11.5 Å². The maximum atomic E-state index is 9.37. The molecule has 1 N–H and O–H groups in total. The smallest absolute Gasteiger partial charge is 0.128 e. The highest BCUT2D eigenvalue weighted by Crippen LogP contribution is 2.37. The van der Waals surface area contributed by atoms with Crippen molar-refractivity contribution in [2.24, 2.45) is 0 Å². The summed E-state index contributed by atoms with van der Waals surface area (Å²) in [4.78, 5) is 0. The van der Waals surface area contributed by atoms with E-state index in [1.54, 1.807) is 7.11 Å². The molecule has 0 saturated heterocycles. The van der Waals surface area contributed by atoms with Gasteiger partial charge in [-0.15, -0.1) is 0 Å². The summed E-state index contributed by atoms with van der Waals surface area (Å²) in [5, 5.41) is 9.37. The highest BCUT2D eigenvalue weighted by Gasteiger charge is 2.26. The first-order valence-electron chi connectivity index (χ1n) is 5.26. The van der Waals surface area contributed by atoms with Crippen LogP contribution in [0.3, 0.4) is 0 Å². The van der Waals surface area contributed by atoms with Gasteiger partial charge in [-0.1, -0.05) is 0 Å². The van der Waals surface area contributed by atoms with Crippen LogP contribution in [0.1, 0.15) is 19.4 Å². The van der Waals surface area contributed by atoms with E-state index in [4.69, 9.17) is 9.47 Å². The van der Waals surface area contributed by atoms with Crippen LogP contribution in [-0.2, 0) is 0 Å². The summed E-state index contributed by atoms with van der Waals surface area (Å²) < 4.78 is 11.0. The number of methoxy groups -OCH3 is 1. The van der Waals surface area contributed by atoms with Gasteiger partial charge in [0.2, 0.25) is 0 Å². The number of rotatable bonds is 2. The molecule has 2 rings (SSSR count). The minimum Gasteiger partial charge on any atom is -0.497 e. The lowest BCUT2D eigenvalue weighted by Crippen LogP contribution is -2.29. The second-order valence-electron chi connectivity index (χ2n) is 4.40. The third kappa shape index (κ3) is 1.91. The Morgan fingerprint density at radius 2 is 2.12 bits per heavy atom. The van der Waals surface area contributed by atoms with Crippen molar-refractivity contribution in [2.45, 2.75) is 19.4 Å². The molecule has 3 heteroatoms. The fourth-order valence-electron chi connectivity index (χ4n) is 1.92. The van der Waals surface area contributed by atoms with Crippen LogP contribution in [0.2, 0.25) is 0 Å². The number of aliphatic hydroxyl groups is 1. The number of hydrogen-bond donors (Lipinski definition) is 1. The van der Waals surface area contributed by atoms with Crippen LogP contribution < -0.4 is 9.47 Å². The van der Waals surface area contributed by atoms with Gasteiger partial charge in [0, 0.05) is 5.56 Å². The van der Waals surface area contributed by atoms with Crippen LogP contribution >= 0.6 is 0 Å². The normalized spacial score (nSPS) is 17.1. The summed E-state index contributed by atoms with van der Waals surface area (Å²) in [6.45, 7) is 3.94. The molecule has 0 amide bonds. The molecule has 0 fully saturated rings. The van der Waals surface area contributed by atoms with Gasteiger partial charge in [-0.3, -0.25) is 0 Å². The van der Waals surface area contributed by atoms with Crippen LogP contribution in [0, 0.1) is 0 Å². The molecule has 0 aromatic heterocycles. The lowest BCUT2D eigenvalue weighted by Gasteiger charge is -2.30. The Kier molecular flexibility index (Phi) is 2.64. The predicted octanol–water partition coefficient (Wildman–Crippen LogP) is 2.24. The first-order chi connectivity index (χ1) is 7.55. The van der Waals surface area contributed by atoms with Crippen LogP contribution in [0.15, 0.2) is 24.3 Å². The molecule has 0 saturated carbocycles. The third-order valence-corrected chi connectivity index (χ3v) is 2.60. The lowest BCUT2D eigenvalue weighted by molar-refractivity contribution is 0.156. The van der Waals surface area contributed by atoms with E-state index in [1.807, 2.05) is 38.1 Å². The molecule has 0 aliphatic carbocycles. The Morgan fingerprint density at radius 1 is 1.38 bits per heavy atom. The zero-order valence-corrected chi connectivity index (χ0v) is 9.78. The van der Waals surface area contributed by atoms with Crippen molar-refractivity contribution in [2.75, 3.05) is 13.7 Å². The van der Waals surface area contributed by atoms with E-state index in [0.717, 1.165) is 22.6 Å². The van der Waals surface area contributed by atoms with Gasteiger partial charge >= 0.3 is 0 Å². The fraction of sp³-hybridized carbons (Fsp3) is 0.385. The number of ether oxygens (including phenoxy) is 2. The molecule has 0 radical (unpaired) electrons. The second kappa shape index (κ2) is 3.83. The Bertz CT molecular complexity index is 433. The summed E-state index contributed by atoms with van der Waals surface area (Å²) in [6, 6.07) is 5.61. The highest BCUT2D eigenvalue weighted by molar-refractivity contribution is 5.74. The summed E-state index contributed by atoms with van der Waals surface area (Å²) in [6.07, 6.45) is 1.94. The fourth-order valence-corrected chi connectivity index (χ4v) is 1.92. The van der Waals surface area contributed by atoms with E-state index in [1.165, 1.54) is 0 Å². The SMILES string of the molecule is COc1ccc2c(c1)C(CO)=CC(C)(C)O2. The van der Waals surface area contributed by atoms with Gasteiger partial charge < -0.3 is 14.6 Å². The average Bonchev–Trinajstić information content (AvgIpc) is 2.26. The maximum Gasteiger partial charge on any atom is 0.128 e. The predicted molar refractivity (Wildman–Crippen MR) is 62.8 cm³/mol. The van der Waals surface area contributed by atoms with Gasteiger partial charge in [-0.05, 0) is 43.7 Å². The first kappa shape index (κ1) is 11.0. The van der Waals surface area contributed by atoms with Gasteiger partial charge in [0.1, 0.15) is 17.1 Å². The van der Waals surface area contributed by atoms with Crippen LogP contribution in [-0.4, -0.2) is 24.4 Å². The number of fused-ring (bicyclic) bond motifs is 1. The standard InChI is InChI=1S/C13H16O3/c1-13(2)7-9(8-14)11-6-10(15-3)4-5-12(11)16-13/h4-7,14H,8H2,1-3H3. The zero-order valence-electron chi connectivity index (χ0n) is 9.78. The summed E-state index contributed by atoms with van der Waals surface area (Å²) >= 11 is 0. The molecule has 0 spiro atoms. The molecule has 0 bridgehead atoms. The van der Waals surface area contributed by atoms with Crippen molar-refractivity contribution >= 4 is 5.57 Å². The molecule has 1 aliphatic rings. The van der Waals surface area contributed by atoms with E-state index in [2.05, 4.69) is 0 Å². The Morgan fingerprint density at radius 3 is 2.75 bits per heavy atom. The summed E-state index contributed by atoms with van der Waals surface area (Å²) in [5.74, 6) is 1.55. The van der Waals surface area contributed by atoms with Gasteiger partial charge in [-0.25, -0.2) is 0 Å². The molecule has 3 nitrogen and oxygen atoms in total. The van der Waals surface area contributed by atoms with Gasteiger partial charge in [0.25, 0.3) is 0 Å². The van der Waals surface area contributed by atoms with E-state index >= 15 is 0 Å². The van der Waals surface area contributed by atoms with Crippen LogP contribution in [0.4, 0.5) is 0 Å². The molecule has 1 aromatic rings. The Balaban J connectivity index is 2.52. The van der Waals surface area contributed by atoms with Gasteiger partial charge in [-0.2, -0.15) is 0 Å². The Labute approximate surface area is 95.3 Å². The molecule has 1 aromatic carbocycles. The van der Waals surface area contributed by atoms with Crippen molar-refractivity contribution in [1.29, 1.82) is 0 Å². The quantitative estimate of drug-likeness (QED) is 0.830. The van der Waals surface area contributed by atoms with E-state index in [-0.39, 0.29) is 12.2 Å². The first-order valence-corrected chi connectivity index (χ1v) is 5.26. The minimum absolute atomic E-state index is 0.00690. The summed E-state index contributed by atoms with van der Waals surface area (Å²) in [5.41, 5.74) is 1.41. The topological polar surface area (TPSA) is 38.7 Å². The number of hydrogen-bond acceptors (Lipinski definition) is 3. The Hall–Kier alpha value is -1.48. The van der Waals surface area contributed by atoms with Crippen molar-refractivity contribution in [3.05, 3.63) is 29.8 Å². The van der Waals surface area contributed by atoms with Crippen LogP contribution in [0.25, 0.3) is 5.57 Å². The average molecular weight is 220 g/mol. The minimum atomic E-state index is -0.375. The largest absolute Gasteiger partial charge is 0.497 e. The monoisotopic (exact) mass is 220 g/mol. The molecular weight excluding hydrogens is 204 g/mol. The van der Waals surface area contributed by atoms with E-state index < -0.39 is 0 Å². The van der Waals surface area contributed by atoms with Gasteiger partial charge in [0.05, 0.1) is 13.7 Å². The van der Waals surface area contributed by atoms with Crippen molar-refractivity contribution in [3.63, 3.8) is 0 Å². The highest BCUT2D eigenvalue weighted by atomic mass is 16.5. The number of benzene rings is 1. The molecule has 0 atom stereocenters. The molecular formula is C13H16O3. The summed E-state index contributed by atoms with van der Waals surface area (Å²) in [7, 11) is 1.62. The van der Waals surface area contributed by atoms with E-state index in [9.17, 15) is 5.11 Å². The third-order valence-electron chi connectivity index (χ3n) is 2.60. The molecule has 1 heterocycles. The maximum absolute atomic E-state index is 9.37. The second-order valence-corrected chi connectivity index (χ2v) is 4.40. The zero-order chi connectivity index (χ0) is 11.8.